The molecular formula is C13H11FN4O3. The van der Waals surface area contributed by atoms with Crippen molar-refractivity contribution < 1.29 is 14.1 Å². The minimum atomic E-state index is -0.804. The van der Waals surface area contributed by atoms with Gasteiger partial charge in [0.15, 0.2) is 0 Å². The van der Waals surface area contributed by atoms with Gasteiger partial charge in [0.25, 0.3) is 11.6 Å². The van der Waals surface area contributed by atoms with E-state index in [2.05, 4.69) is 10.3 Å². The average molecular weight is 290 g/mol. The maximum Gasteiger partial charge on any atom is 0.270 e. The van der Waals surface area contributed by atoms with Gasteiger partial charge in [-0.2, -0.15) is 0 Å². The lowest BCUT2D eigenvalue weighted by Gasteiger charge is -2.07. The minimum absolute atomic E-state index is 0.0183. The van der Waals surface area contributed by atoms with Crippen LogP contribution in [0.3, 0.4) is 0 Å². The Morgan fingerprint density at radius 2 is 2.14 bits per heavy atom. The number of hydrogen-bond acceptors (Lipinski definition) is 5. The van der Waals surface area contributed by atoms with Gasteiger partial charge in [0.2, 0.25) is 0 Å². The van der Waals surface area contributed by atoms with Crippen molar-refractivity contribution >= 4 is 23.1 Å². The number of non-ortho nitro benzene ring substituents is 1. The SMILES string of the molecule is Cc1cc([N+](=O)[O-])cc(C(=O)Nc2ccc(N)nc2)c1F. The number of nitrogen functional groups attached to an aromatic ring is 1. The van der Waals surface area contributed by atoms with Gasteiger partial charge >= 0.3 is 0 Å². The number of aromatic nitrogens is 1. The average Bonchev–Trinajstić information content (AvgIpc) is 2.43. The first-order chi connectivity index (χ1) is 9.88. The molecule has 3 N–H and O–H groups in total. The van der Waals surface area contributed by atoms with Crippen LogP contribution in [-0.2, 0) is 0 Å². The van der Waals surface area contributed by atoms with E-state index >= 15 is 0 Å². The molecule has 7 nitrogen and oxygen atoms in total. The van der Waals surface area contributed by atoms with E-state index in [-0.39, 0.29) is 17.1 Å². The Labute approximate surface area is 118 Å². The van der Waals surface area contributed by atoms with Crippen LogP contribution in [0.15, 0.2) is 30.5 Å². The van der Waals surface area contributed by atoms with Crippen LogP contribution in [0.5, 0.6) is 0 Å². The lowest BCUT2D eigenvalue weighted by Crippen LogP contribution is -2.15. The number of nitro groups is 1. The quantitative estimate of drug-likeness (QED) is 0.665. The van der Waals surface area contributed by atoms with Crippen LogP contribution in [-0.4, -0.2) is 15.8 Å². The number of amides is 1. The fourth-order valence-electron chi connectivity index (χ4n) is 1.70. The molecule has 1 amide bonds. The summed E-state index contributed by atoms with van der Waals surface area (Å²) in [6.45, 7) is 1.35. The van der Waals surface area contributed by atoms with Crippen LogP contribution in [0.4, 0.5) is 21.6 Å². The lowest BCUT2D eigenvalue weighted by molar-refractivity contribution is -0.385. The van der Waals surface area contributed by atoms with Gasteiger partial charge in [-0.1, -0.05) is 0 Å². The van der Waals surface area contributed by atoms with E-state index in [0.29, 0.717) is 5.69 Å². The van der Waals surface area contributed by atoms with Crippen molar-refractivity contribution in [3.63, 3.8) is 0 Å². The van der Waals surface area contributed by atoms with Crippen LogP contribution < -0.4 is 11.1 Å². The third kappa shape index (κ3) is 3.11. The molecular weight excluding hydrogens is 279 g/mol. The molecule has 0 unspecified atom stereocenters. The van der Waals surface area contributed by atoms with Crippen LogP contribution >= 0.6 is 0 Å². The number of nitro benzene ring substituents is 1. The normalized spacial score (nSPS) is 10.2. The topological polar surface area (TPSA) is 111 Å². The third-order valence-corrected chi connectivity index (χ3v) is 2.74. The van der Waals surface area contributed by atoms with Crippen LogP contribution in [0.2, 0.25) is 0 Å². The number of nitrogens with zero attached hydrogens (tertiary/aromatic N) is 2. The maximum atomic E-state index is 13.9. The fraction of sp³-hybridized carbons (Fsp3) is 0.0769. The summed E-state index contributed by atoms with van der Waals surface area (Å²) in [7, 11) is 0. The first-order valence-corrected chi connectivity index (χ1v) is 5.86. The highest BCUT2D eigenvalue weighted by atomic mass is 19.1. The molecule has 0 saturated carbocycles. The number of halogens is 1. The van der Waals surface area contributed by atoms with E-state index in [1.165, 1.54) is 25.3 Å². The van der Waals surface area contributed by atoms with E-state index in [1.807, 2.05) is 0 Å². The molecule has 0 bridgehead atoms. The zero-order valence-corrected chi connectivity index (χ0v) is 11.0. The van der Waals surface area contributed by atoms with E-state index in [9.17, 15) is 19.3 Å². The van der Waals surface area contributed by atoms with Crippen molar-refractivity contribution in [2.75, 3.05) is 11.1 Å². The van der Waals surface area contributed by atoms with Crippen molar-refractivity contribution in [2.45, 2.75) is 6.92 Å². The summed E-state index contributed by atoms with van der Waals surface area (Å²) in [4.78, 5) is 25.9. The highest BCUT2D eigenvalue weighted by Crippen LogP contribution is 2.22. The molecule has 108 valence electrons. The largest absolute Gasteiger partial charge is 0.384 e. The number of benzene rings is 1. The van der Waals surface area contributed by atoms with Crippen LogP contribution in [0.1, 0.15) is 15.9 Å². The van der Waals surface area contributed by atoms with Crippen molar-refractivity contribution in [1.29, 1.82) is 0 Å². The smallest absolute Gasteiger partial charge is 0.270 e. The zero-order chi connectivity index (χ0) is 15.6. The number of carbonyl (C=O) groups excluding carboxylic acids is 1. The summed E-state index contributed by atoms with van der Waals surface area (Å²) in [5.74, 6) is -1.34. The summed E-state index contributed by atoms with van der Waals surface area (Å²) >= 11 is 0. The molecule has 0 aliphatic heterocycles. The number of rotatable bonds is 3. The number of anilines is 2. The first kappa shape index (κ1) is 14.4. The number of nitrogens with two attached hydrogens (primary N) is 1. The van der Waals surface area contributed by atoms with Crippen LogP contribution in [0, 0.1) is 22.9 Å². The number of aryl methyl sites for hydroxylation is 1. The second-order valence-corrected chi connectivity index (χ2v) is 4.31. The monoisotopic (exact) mass is 290 g/mol. The van der Waals surface area contributed by atoms with Gasteiger partial charge in [0.05, 0.1) is 22.4 Å². The second kappa shape index (κ2) is 5.53. The fourth-order valence-corrected chi connectivity index (χ4v) is 1.70. The minimum Gasteiger partial charge on any atom is -0.384 e. The van der Waals surface area contributed by atoms with Crippen molar-refractivity contribution in [3.8, 4) is 0 Å². The number of nitrogens with one attached hydrogen (secondary N) is 1. The molecule has 0 radical (unpaired) electrons. The summed E-state index contributed by atoms with van der Waals surface area (Å²) in [6, 6.07) is 4.91. The Bertz CT molecular complexity index is 716. The van der Waals surface area contributed by atoms with Gasteiger partial charge in [0, 0.05) is 12.1 Å². The summed E-state index contributed by atoms with van der Waals surface area (Å²) in [6.07, 6.45) is 1.30. The van der Waals surface area contributed by atoms with E-state index in [1.54, 1.807) is 0 Å². The first-order valence-electron chi connectivity index (χ1n) is 5.86. The Hall–Kier alpha value is -3.03. The van der Waals surface area contributed by atoms with Crippen molar-refractivity contribution in [1.82, 2.24) is 4.98 Å². The van der Waals surface area contributed by atoms with Crippen LogP contribution in [0.25, 0.3) is 0 Å². The number of carbonyl (C=O) groups is 1. The molecule has 2 aromatic rings. The van der Waals surface area contributed by atoms with Gasteiger partial charge in [-0.05, 0) is 24.6 Å². The van der Waals surface area contributed by atoms with E-state index < -0.39 is 22.2 Å². The molecule has 0 atom stereocenters. The Morgan fingerprint density at radius 1 is 1.43 bits per heavy atom. The highest BCUT2D eigenvalue weighted by molar-refractivity contribution is 6.05. The highest BCUT2D eigenvalue weighted by Gasteiger charge is 2.19. The molecule has 0 aliphatic rings. The standard InChI is InChI=1S/C13H11FN4O3/c1-7-4-9(18(20)21)5-10(12(7)14)13(19)17-8-2-3-11(15)16-6-8/h2-6H,1H3,(H2,15,16)(H,17,19). The molecule has 21 heavy (non-hydrogen) atoms. The molecule has 0 fully saturated rings. The van der Waals surface area contributed by atoms with Gasteiger partial charge in [-0.15, -0.1) is 0 Å². The van der Waals surface area contributed by atoms with E-state index in [4.69, 9.17) is 5.73 Å². The molecule has 1 aromatic heterocycles. The van der Waals surface area contributed by atoms with Gasteiger partial charge in [0.1, 0.15) is 11.6 Å². The Kier molecular flexibility index (Phi) is 3.79. The predicted octanol–water partition coefficient (Wildman–Crippen LogP) is 2.27. The van der Waals surface area contributed by atoms with Crippen molar-refractivity contribution in [2.24, 2.45) is 0 Å². The summed E-state index contributed by atoms with van der Waals surface area (Å²) in [5.41, 5.74) is 4.97. The zero-order valence-electron chi connectivity index (χ0n) is 11.0. The predicted molar refractivity (Wildman–Crippen MR) is 74.4 cm³/mol. The third-order valence-electron chi connectivity index (χ3n) is 2.74. The molecule has 0 aliphatic carbocycles. The van der Waals surface area contributed by atoms with Gasteiger partial charge < -0.3 is 11.1 Å². The molecule has 1 aromatic carbocycles. The Balaban J connectivity index is 2.34. The molecule has 0 spiro atoms. The second-order valence-electron chi connectivity index (χ2n) is 4.31. The van der Waals surface area contributed by atoms with Crippen molar-refractivity contribution in [3.05, 3.63) is 57.5 Å². The lowest BCUT2D eigenvalue weighted by atomic mass is 10.1. The molecule has 2 rings (SSSR count). The summed E-state index contributed by atoms with van der Waals surface area (Å²) in [5, 5.41) is 13.2. The maximum absolute atomic E-state index is 13.9. The number of pyridine rings is 1. The number of hydrogen-bond donors (Lipinski definition) is 2. The Morgan fingerprint density at radius 3 is 2.71 bits per heavy atom. The van der Waals surface area contributed by atoms with Gasteiger partial charge in [-0.25, -0.2) is 9.37 Å². The van der Waals surface area contributed by atoms with E-state index in [0.717, 1.165) is 12.1 Å². The molecule has 8 heteroatoms. The van der Waals surface area contributed by atoms with Gasteiger partial charge in [-0.3, -0.25) is 14.9 Å². The molecule has 0 saturated heterocycles. The summed E-state index contributed by atoms with van der Waals surface area (Å²) < 4.78 is 13.9. The molecule has 1 heterocycles.